The number of carbonyl (C=O) groups is 1. The first-order valence-electron chi connectivity index (χ1n) is 7.36. The Morgan fingerprint density at radius 2 is 2.00 bits per heavy atom. The number of ether oxygens (including phenoxy) is 3. The molecule has 1 aromatic heterocycles. The van der Waals surface area contributed by atoms with E-state index >= 15 is 0 Å². The quantitative estimate of drug-likeness (QED) is 0.750. The Morgan fingerprint density at radius 3 is 2.67 bits per heavy atom. The molecule has 0 saturated carbocycles. The first-order valence-corrected chi connectivity index (χ1v) is 7.36. The van der Waals surface area contributed by atoms with Gasteiger partial charge in [0.05, 0.1) is 20.8 Å². The number of rotatable bonds is 8. The van der Waals surface area contributed by atoms with E-state index in [9.17, 15) is 4.79 Å². The fourth-order valence-electron chi connectivity index (χ4n) is 2.14. The molecule has 0 spiro atoms. The van der Waals surface area contributed by atoms with Gasteiger partial charge in [-0.15, -0.1) is 10.2 Å². The summed E-state index contributed by atoms with van der Waals surface area (Å²) in [7, 11) is 4.70. The molecule has 0 fully saturated rings. The van der Waals surface area contributed by atoms with Gasteiger partial charge in [-0.3, -0.25) is 4.79 Å². The van der Waals surface area contributed by atoms with Crippen LogP contribution in [0.4, 0.5) is 0 Å². The van der Waals surface area contributed by atoms with Gasteiger partial charge in [0.2, 0.25) is 11.7 Å². The fraction of sp³-hybridized carbons (Fsp3) is 0.467. The highest BCUT2D eigenvalue weighted by atomic mass is 16.5. The van der Waals surface area contributed by atoms with Crippen molar-refractivity contribution in [3.63, 3.8) is 0 Å². The second-order valence-corrected chi connectivity index (χ2v) is 5.14. The molecule has 1 N–H and O–H groups in total. The lowest BCUT2D eigenvalue weighted by Gasteiger charge is -2.11. The SMILES string of the molecule is COC[C@@H](C)NC(=O)Cn1nnc(-c2ccc(OC)c(OC)c2)n1. The molecule has 0 aliphatic rings. The third kappa shape index (κ3) is 4.42. The number of hydrogen-bond acceptors (Lipinski definition) is 7. The summed E-state index contributed by atoms with van der Waals surface area (Å²) in [4.78, 5) is 13.1. The highest BCUT2D eigenvalue weighted by Crippen LogP contribution is 2.30. The van der Waals surface area contributed by atoms with E-state index in [2.05, 4.69) is 20.7 Å². The maximum absolute atomic E-state index is 11.9. The van der Waals surface area contributed by atoms with Crippen LogP contribution in [0.25, 0.3) is 11.4 Å². The van der Waals surface area contributed by atoms with Crippen LogP contribution in [-0.2, 0) is 16.1 Å². The molecule has 1 atom stereocenters. The van der Waals surface area contributed by atoms with Crippen molar-refractivity contribution in [1.82, 2.24) is 25.5 Å². The third-order valence-electron chi connectivity index (χ3n) is 3.20. The largest absolute Gasteiger partial charge is 0.493 e. The second kappa shape index (κ2) is 8.25. The number of nitrogens with zero attached hydrogens (tertiary/aromatic N) is 4. The molecule has 1 heterocycles. The van der Waals surface area contributed by atoms with Crippen LogP contribution in [0.15, 0.2) is 18.2 Å². The van der Waals surface area contributed by atoms with Crippen LogP contribution >= 0.6 is 0 Å². The lowest BCUT2D eigenvalue weighted by atomic mass is 10.2. The van der Waals surface area contributed by atoms with E-state index in [4.69, 9.17) is 14.2 Å². The molecule has 0 aliphatic heterocycles. The lowest BCUT2D eigenvalue weighted by Crippen LogP contribution is -2.38. The summed E-state index contributed by atoms with van der Waals surface area (Å²) in [5.41, 5.74) is 0.715. The Morgan fingerprint density at radius 1 is 1.25 bits per heavy atom. The molecule has 9 nitrogen and oxygen atoms in total. The van der Waals surface area contributed by atoms with Crippen LogP contribution in [0.1, 0.15) is 6.92 Å². The minimum atomic E-state index is -0.212. The first kappa shape index (κ1) is 17.7. The van der Waals surface area contributed by atoms with Gasteiger partial charge in [0.15, 0.2) is 11.5 Å². The smallest absolute Gasteiger partial charge is 0.243 e. The summed E-state index contributed by atoms with van der Waals surface area (Å²) in [6, 6.07) is 5.22. The van der Waals surface area contributed by atoms with Crippen molar-refractivity contribution in [2.45, 2.75) is 19.5 Å². The number of carbonyl (C=O) groups excluding carboxylic acids is 1. The van der Waals surface area contributed by atoms with Crippen LogP contribution in [0.3, 0.4) is 0 Å². The summed E-state index contributed by atoms with van der Waals surface area (Å²) in [5.74, 6) is 1.36. The summed E-state index contributed by atoms with van der Waals surface area (Å²) in [6.07, 6.45) is 0. The van der Waals surface area contributed by atoms with Crippen molar-refractivity contribution in [2.24, 2.45) is 0 Å². The molecule has 0 aliphatic carbocycles. The number of amides is 1. The number of tetrazole rings is 1. The monoisotopic (exact) mass is 335 g/mol. The van der Waals surface area contributed by atoms with Crippen molar-refractivity contribution >= 4 is 5.91 Å². The van der Waals surface area contributed by atoms with E-state index in [0.717, 1.165) is 0 Å². The molecule has 0 unspecified atom stereocenters. The average molecular weight is 335 g/mol. The molecule has 9 heteroatoms. The molecular formula is C15H21N5O4. The van der Waals surface area contributed by atoms with Gasteiger partial charge in [-0.05, 0) is 30.3 Å². The molecule has 130 valence electrons. The van der Waals surface area contributed by atoms with E-state index in [0.29, 0.717) is 29.5 Å². The van der Waals surface area contributed by atoms with Crippen molar-refractivity contribution < 1.29 is 19.0 Å². The summed E-state index contributed by atoms with van der Waals surface area (Å²) in [6.45, 7) is 2.27. The minimum absolute atomic E-state index is 0.0195. The molecule has 24 heavy (non-hydrogen) atoms. The van der Waals surface area contributed by atoms with Crippen LogP contribution < -0.4 is 14.8 Å². The Labute approximate surface area is 139 Å². The van der Waals surface area contributed by atoms with E-state index in [-0.39, 0.29) is 18.5 Å². The van der Waals surface area contributed by atoms with E-state index in [1.807, 2.05) is 6.92 Å². The zero-order valence-corrected chi connectivity index (χ0v) is 14.1. The molecule has 1 aromatic carbocycles. The normalized spacial score (nSPS) is 11.8. The van der Waals surface area contributed by atoms with E-state index in [1.54, 1.807) is 39.5 Å². The van der Waals surface area contributed by atoms with E-state index < -0.39 is 0 Å². The number of nitrogens with one attached hydrogen (secondary N) is 1. The van der Waals surface area contributed by atoms with Gasteiger partial charge in [0.1, 0.15) is 6.54 Å². The van der Waals surface area contributed by atoms with E-state index in [1.165, 1.54) is 4.80 Å². The van der Waals surface area contributed by atoms with Gasteiger partial charge >= 0.3 is 0 Å². The lowest BCUT2D eigenvalue weighted by molar-refractivity contribution is -0.123. The van der Waals surface area contributed by atoms with Crippen molar-refractivity contribution in [1.29, 1.82) is 0 Å². The van der Waals surface area contributed by atoms with Crippen LogP contribution in [0, 0.1) is 0 Å². The average Bonchev–Trinajstić information content (AvgIpc) is 3.02. The van der Waals surface area contributed by atoms with Crippen molar-refractivity contribution in [2.75, 3.05) is 27.9 Å². The maximum Gasteiger partial charge on any atom is 0.243 e. The number of aromatic nitrogens is 4. The molecule has 2 rings (SSSR count). The molecule has 2 aromatic rings. The van der Waals surface area contributed by atoms with Crippen LogP contribution in [0.5, 0.6) is 11.5 Å². The molecule has 0 saturated heterocycles. The summed E-state index contributed by atoms with van der Waals surface area (Å²) >= 11 is 0. The molecule has 0 bridgehead atoms. The Hall–Kier alpha value is -2.68. The predicted molar refractivity (Wildman–Crippen MR) is 85.8 cm³/mol. The molecular weight excluding hydrogens is 314 g/mol. The molecule has 1 amide bonds. The number of benzene rings is 1. The summed E-state index contributed by atoms with van der Waals surface area (Å²) in [5, 5.41) is 14.9. The second-order valence-electron chi connectivity index (χ2n) is 5.14. The van der Waals surface area contributed by atoms with Gasteiger partial charge in [-0.2, -0.15) is 4.80 Å². The van der Waals surface area contributed by atoms with Crippen LogP contribution in [0.2, 0.25) is 0 Å². The van der Waals surface area contributed by atoms with Gasteiger partial charge in [-0.25, -0.2) is 0 Å². The standard InChI is InChI=1S/C15H21N5O4/c1-10(9-22-2)16-14(21)8-20-18-15(17-19-20)11-5-6-12(23-3)13(7-11)24-4/h5-7,10H,8-9H2,1-4H3,(H,16,21)/t10-/m1/s1. The van der Waals surface area contributed by atoms with Gasteiger partial charge < -0.3 is 19.5 Å². The number of methoxy groups -OCH3 is 3. The Kier molecular flexibility index (Phi) is 6.07. The number of hydrogen-bond donors (Lipinski definition) is 1. The van der Waals surface area contributed by atoms with Gasteiger partial charge in [0, 0.05) is 18.7 Å². The Balaban J connectivity index is 2.06. The summed E-state index contributed by atoms with van der Waals surface area (Å²) < 4.78 is 15.4. The molecule has 0 radical (unpaired) electrons. The first-order chi connectivity index (χ1) is 11.6. The van der Waals surface area contributed by atoms with Crippen LogP contribution in [-0.4, -0.2) is 60.1 Å². The zero-order chi connectivity index (χ0) is 17.5. The fourth-order valence-corrected chi connectivity index (χ4v) is 2.14. The third-order valence-corrected chi connectivity index (χ3v) is 3.20. The van der Waals surface area contributed by atoms with Crippen molar-refractivity contribution in [3.8, 4) is 22.9 Å². The highest BCUT2D eigenvalue weighted by Gasteiger charge is 2.13. The predicted octanol–water partition coefficient (Wildman–Crippen LogP) is 0.508. The highest BCUT2D eigenvalue weighted by molar-refractivity contribution is 5.75. The Bertz CT molecular complexity index is 688. The minimum Gasteiger partial charge on any atom is -0.493 e. The zero-order valence-electron chi connectivity index (χ0n) is 14.1. The van der Waals surface area contributed by atoms with Crippen molar-refractivity contribution in [3.05, 3.63) is 18.2 Å². The van der Waals surface area contributed by atoms with Gasteiger partial charge in [0.25, 0.3) is 0 Å². The topological polar surface area (TPSA) is 100 Å². The maximum atomic E-state index is 11.9. The van der Waals surface area contributed by atoms with Gasteiger partial charge in [-0.1, -0.05) is 0 Å².